The Balaban J connectivity index is 2.16. The van der Waals surface area contributed by atoms with Crippen LogP contribution in [0.3, 0.4) is 0 Å². The lowest BCUT2D eigenvalue weighted by Gasteiger charge is -2.32. The van der Waals surface area contributed by atoms with Crippen LogP contribution in [0.4, 0.5) is 0 Å². The van der Waals surface area contributed by atoms with E-state index in [1.165, 1.54) is 19.3 Å². The number of ether oxygens (including phenoxy) is 2. The molecule has 1 aliphatic carbocycles. The second-order valence-electron chi connectivity index (χ2n) is 5.64. The summed E-state index contributed by atoms with van der Waals surface area (Å²) in [6.45, 7) is 1.19. The van der Waals surface area contributed by atoms with Gasteiger partial charge in [0, 0.05) is 14.2 Å². The van der Waals surface area contributed by atoms with Crippen LogP contribution >= 0.6 is 15.9 Å². The molecular weight excluding hydrogens is 336 g/mol. The van der Waals surface area contributed by atoms with Gasteiger partial charge in [-0.05, 0) is 34.7 Å². The molecule has 21 heavy (non-hydrogen) atoms. The summed E-state index contributed by atoms with van der Waals surface area (Å²) in [5.74, 6) is 0.413. The van der Waals surface area contributed by atoms with Gasteiger partial charge in [-0.2, -0.15) is 5.10 Å². The van der Waals surface area contributed by atoms with Crippen molar-refractivity contribution < 1.29 is 14.6 Å². The van der Waals surface area contributed by atoms with Crippen LogP contribution < -0.4 is 0 Å². The van der Waals surface area contributed by atoms with Gasteiger partial charge in [-0.1, -0.05) is 19.3 Å². The highest BCUT2D eigenvalue weighted by molar-refractivity contribution is 9.10. The minimum absolute atomic E-state index is 0.181. The lowest BCUT2D eigenvalue weighted by molar-refractivity contribution is -0.0597. The summed E-state index contributed by atoms with van der Waals surface area (Å²) in [7, 11) is 3.35. The molecule has 1 heterocycles. The first-order valence-corrected chi connectivity index (χ1v) is 8.39. The van der Waals surface area contributed by atoms with E-state index < -0.39 is 6.10 Å². The summed E-state index contributed by atoms with van der Waals surface area (Å²) in [5.41, 5.74) is 0.782. The Morgan fingerprint density at radius 3 is 2.71 bits per heavy atom. The third kappa shape index (κ3) is 4.06. The fourth-order valence-corrected chi connectivity index (χ4v) is 3.75. The molecular formula is C15H25BrN2O3. The van der Waals surface area contributed by atoms with Gasteiger partial charge in [0.2, 0.25) is 0 Å². The predicted octanol–water partition coefficient (Wildman–Crippen LogP) is 2.92. The van der Waals surface area contributed by atoms with Gasteiger partial charge in [0.1, 0.15) is 6.10 Å². The summed E-state index contributed by atoms with van der Waals surface area (Å²) >= 11 is 3.49. The van der Waals surface area contributed by atoms with Gasteiger partial charge < -0.3 is 14.6 Å². The van der Waals surface area contributed by atoms with Crippen LogP contribution in [-0.2, 0) is 16.0 Å². The molecule has 2 rings (SSSR count). The molecule has 1 aromatic heterocycles. The molecule has 0 radical (unpaired) electrons. The zero-order valence-electron chi connectivity index (χ0n) is 12.8. The second kappa shape index (κ2) is 8.27. The summed E-state index contributed by atoms with van der Waals surface area (Å²) in [6, 6.07) is 0. The maximum Gasteiger partial charge on any atom is 0.123 e. The molecule has 2 unspecified atom stereocenters. The maximum atomic E-state index is 10.8. The average Bonchev–Trinajstić information content (AvgIpc) is 2.87. The zero-order valence-corrected chi connectivity index (χ0v) is 14.4. The largest absolute Gasteiger partial charge is 0.384 e. The van der Waals surface area contributed by atoms with E-state index >= 15 is 0 Å². The highest BCUT2D eigenvalue weighted by atomic mass is 79.9. The first-order chi connectivity index (χ1) is 10.2. The summed E-state index contributed by atoms with van der Waals surface area (Å²) < 4.78 is 13.4. The Morgan fingerprint density at radius 2 is 2.10 bits per heavy atom. The van der Waals surface area contributed by atoms with Crippen molar-refractivity contribution in [1.82, 2.24) is 9.78 Å². The summed E-state index contributed by atoms with van der Waals surface area (Å²) in [4.78, 5) is 0. The molecule has 0 amide bonds. The molecule has 1 saturated carbocycles. The second-order valence-corrected chi connectivity index (χ2v) is 6.49. The first-order valence-electron chi connectivity index (χ1n) is 7.60. The van der Waals surface area contributed by atoms with Crippen LogP contribution in [0, 0.1) is 5.92 Å². The first kappa shape index (κ1) is 16.9. The molecule has 0 saturated heterocycles. The van der Waals surface area contributed by atoms with Gasteiger partial charge in [-0.25, -0.2) is 0 Å². The molecule has 120 valence electrons. The van der Waals surface area contributed by atoms with Crippen molar-refractivity contribution in [2.45, 2.75) is 50.9 Å². The van der Waals surface area contributed by atoms with Gasteiger partial charge >= 0.3 is 0 Å². The number of aromatic nitrogens is 2. The molecule has 1 aromatic rings. The fourth-order valence-electron chi connectivity index (χ4n) is 3.22. The van der Waals surface area contributed by atoms with Crippen molar-refractivity contribution in [3.05, 3.63) is 16.4 Å². The molecule has 0 aliphatic heterocycles. The smallest absolute Gasteiger partial charge is 0.123 e. The van der Waals surface area contributed by atoms with E-state index in [2.05, 4.69) is 21.0 Å². The standard InChI is InChI=1S/C15H25BrN2O3/c1-20-9-8-18-13(12(16)10-17-18)14(19)15(21-2)11-6-4-3-5-7-11/h10-11,14-15,19H,3-9H2,1-2H3. The van der Waals surface area contributed by atoms with Gasteiger partial charge in [0.25, 0.3) is 0 Å². The number of aliphatic hydroxyl groups is 1. The molecule has 0 aromatic carbocycles. The average molecular weight is 361 g/mol. The van der Waals surface area contributed by atoms with E-state index in [-0.39, 0.29) is 6.10 Å². The van der Waals surface area contributed by atoms with Crippen molar-refractivity contribution in [2.24, 2.45) is 5.92 Å². The number of hydrogen-bond donors (Lipinski definition) is 1. The Morgan fingerprint density at radius 1 is 1.38 bits per heavy atom. The molecule has 0 spiro atoms. The minimum atomic E-state index is -0.674. The number of rotatable bonds is 7. The quantitative estimate of drug-likeness (QED) is 0.811. The normalized spacial score (nSPS) is 19.6. The molecule has 0 bridgehead atoms. The molecule has 1 N–H and O–H groups in total. The van der Waals surface area contributed by atoms with E-state index in [4.69, 9.17) is 9.47 Å². The number of hydrogen-bond acceptors (Lipinski definition) is 4. The van der Waals surface area contributed by atoms with Crippen LogP contribution in [-0.4, -0.2) is 41.8 Å². The van der Waals surface area contributed by atoms with Gasteiger partial charge in [0.15, 0.2) is 0 Å². The van der Waals surface area contributed by atoms with Gasteiger partial charge in [-0.3, -0.25) is 4.68 Å². The number of nitrogens with zero attached hydrogens (tertiary/aromatic N) is 2. The Kier molecular flexibility index (Phi) is 6.67. The van der Waals surface area contributed by atoms with E-state index in [0.717, 1.165) is 23.0 Å². The lowest BCUT2D eigenvalue weighted by atomic mass is 9.82. The Labute approximate surface area is 134 Å². The van der Waals surface area contributed by atoms with Crippen molar-refractivity contribution >= 4 is 15.9 Å². The van der Waals surface area contributed by atoms with Crippen molar-refractivity contribution in [3.8, 4) is 0 Å². The molecule has 2 atom stereocenters. The third-order valence-electron chi connectivity index (χ3n) is 4.32. The number of aliphatic hydroxyl groups excluding tert-OH is 1. The number of methoxy groups -OCH3 is 2. The fraction of sp³-hybridized carbons (Fsp3) is 0.800. The minimum Gasteiger partial charge on any atom is -0.384 e. The van der Waals surface area contributed by atoms with Crippen molar-refractivity contribution in [1.29, 1.82) is 0 Å². The summed E-state index contributed by atoms with van der Waals surface area (Å²) in [5, 5.41) is 15.1. The van der Waals surface area contributed by atoms with E-state index in [0.29, 0.717) is 19.1 Å². The SMILES string of the molecule is COCCn1ncc(Br)c1C(O)C(OC)C1CCCCC1. The Hall–Kier alpha value is -0.430. The molecule has 6 heteroatoms. The molecule has 5 nitrogen and oxygen atoms in total. The van der Waals surface area contributed by atoms with Crippen LogP contribution in [0.15, 0.2) is 10.7 Å². The predicted molar refractivity (Wildman–Crippen MR) is 84.1 cm³/mol. The van der Waals surface area contributed by atoms with Gasteiger partial charge in [-0.15, -0.1) is 0 Å². The van der Waals surface area contributed by atoms with Crippen LogP contribution in [0.25, 0.3) is 0 Å². The maximum absolute atomic E-state index is 10.8. The van der Waals surface area contributed by atoms with E-state index in [1.807, 2.05) is 0 Å². The third-order valence-corrected chi connectivity index (χ3v) is 4.93. The van der Waals surface area contributed by atoms with Crippen molar-refractivity contribution in [3.63, 3.8) is 0 Å². The monoisotopic (exact) mass is 360 g/mol. The highest BCUT2D eigenvalue weighted by Gasteiger charge is 2.33. The summed E-state index contributed by atoms with van der Waals surface area (Å²) in [6.07, 6.45) is 6.85. The van der Waals surface area contributed by atoms with E-state index in [1.54, 1.807) is 25.1 Å². The van der Waals surface area contributed by atoms with Crippen LogP contribution in [0.1, 0.15) is 43.9 Å². The van der Waals surface area contributed by atoms with Gasteiger partial charge in [0.05, 0.1) is 35.6 Å². The Bertz CT molecular complexity index is 433. The molecule has 1 fully saturated rings. The number of halogens is 1. The van der Waals surface area contributed by atoms with E-state index in [9.17, 15) is 5.11 Å². The van der Waals surface area contributed by atoms with Crippen LogP contribution in [0.2, 0.25) is 0 Å². The van der Waals surface area contributed by atoms with Crippen LogP contribution in [0.5, 0.6) is 0 Å². The molecule has 1 aliphatic rings. The highest BCUT2D eigenvalue weighted by Crippen LogP contribution is 2.36. The lowest BCUT2D eigenvalue weighted by Crippen LogP contribution is -2.33. The zero-order chi connectivity index (χ0) is 15.2. The topological polar surface area (TPSA) is 56.5 Å². The van der Waals surface area contributed by atoms with Crippen molar-refractivity contribution in [2.75, 3.05) is 20.8 Å².